The molecule has 1 atom stereocenters. The van der Waals surface area contributed by atoms with Crippen LogP contribution < -0.4 is 15.4 Å². The fraction of sp³-hybridized carbons (Fsp3) is 0.533. The number of rotatable bonds is 6. The number of halogens is 2. The van der Waals surface area contributed by atoms with Gasteiger partial charge < -0.3 is 15.4 Å². The maximum atomic E-state index is 12.1. The molecule has 1 heterocycles. The number of carbonyl (C=O) groups excluding carboxylic acids is 1. The van der Waals surface area contributed by atoms with Crippen molar-refractivity contribution in [2.24, 2.45) is 0 Å². The number of hydrogen-bond donors (Lipinski definition) is 2. The van der Waals surface area contributed by atoms with Crippen molar-refractivity contribution in [3.63, 3.8) is 0 Å². The number of alkyl halides is 2. The molecule has 1 aromatic rings. The summed E-state index contributed by atoms with van der Waals surface area (Å²) in [6, 6.07) is 6.70. The fourth-order valence-electron chi connectivity index (χ4n) is 2.29. The molecule has 1 aliphatic heterocycles. The molecule has 116 valence electrons. The minimum absolute atomic E-state index is 0.0198. The van der Waals surface area contributed by atoms with Crippen LogP contribution in [0.4, 0.5) is 8.78 Å². The van der Waals surface area contributed by atoms with Gasteiger partial charge in [-0.05, 0) is 37.1 Å². The summed E-state index contributed by atoms with van der Waals surface area (Å²) in [6.07, 6.45) is 0.518. The lowest BCUT2D eigenvalue weighted by Gasteiger charge is -2.22. The van der Waals surface area contributed by atoms with Gasteiger partial charge in [-0.3, -0.25) is 4.79 Å². The van der Waals surface area contributed by atoms with E-state index in [9.17, 15) is 13.6 Å². The van der Waals surface area contributed by atoms with E-state index in [-0.39, 0.29) is 11.9 Å². The predicted octanol–water partition coefficient (Wildman–Crippen LogP) is 2.09. The summed E-state index contributed by atoms with van der Waals surface area (Å²) in [6.45, 7) is 0.611. The molecule has 21 heavy (non-hydrogen) atoms. The fourth-order valence-corrected chi connectivity index (χ4v) is 2.29. The molecule has 0 radical (unpaired) electrons. The van der Waals surface area contributed by atoms with Crippen LogP contribution in [-0.4, -0.2) is 31.5 Å². The molecule has 0 spiro atoms. The average Bonchev–Trinajstić information content (AvgIpc) is 2.52. The van der Waals surface area contributed by atoms with Crippen LogP contribution >= 0.6 is 0 Å². The average molecular weight is 298 g/mol. The quantitative estimate of drug-likeness (QED) is 0.845. The molecule has 1 unspecified atom stereocenters. The van der Waals surface area contributed by atoms with Gasteiger partial charge in [0.15, 0.2) is 0 Å². The zero-order chi connectivity index (χ0) is 15.1. The van der Waals surface area contributed by atoms with Gasteiger partial charge in [-0.1, -0.05) is 18.6 Å². The Morgan fingerprint density at radius 3 is 3.00 bits per heavy atom. The van der Waals surface area contributed by atoms with Gasteiger partial charge >= 0.3 is 0 Å². The van der Waals surface area contributed by atoms with Gasteiger partial charge in [0.1, 0.15) is 12.4 Å². The molecule has 2 N–H and O–H groups in total. The number of nitrogens with one attached hydrogen (secondary N) is 2. The maximum absolute atomic E-state index is 12.1. The zero-order valence-corrected chi connectivity index (χ0v) is 11.8. The monoisotopic (exact) mass is 298 g/mol. The molecule has 6 heteroatoms. The van der Waals surface area contributed by atoms with Crippen molar-refractivity contribution in [3.05, 3.63) is 29.8 Å². The first-order chi connectivity index (χ1) is 10.1. The first-order valence-electron chi connectivity index (χ1n) is 7.16. The zero-order valence-electron chi connectivity index (χ0n) is 11.8. The van der Waals surface area contributed by atoms with Gasteiger partial charge in [0, 0.05) is 6.54 Å². The topological polar surface area (TPSA) is 50.4 Å². The van der Waals surface area contributed by atoms with Gasteiger partial charge in [-0.15, -0.1) is 0 Å². The molecule has 0 saturated carbocycles. The van der Waals surface area contributed by atoms with E-state index in [4.69, 9.17) is 4.74 Å². The van der Waals surface area contributed by atoms with Crippen molar-refractivity contribution in [2.75, 3.05) is 13.2 Å². The molecular formula is C15H20F2N2O2. The molecular weight excluding hydrogens is 278 g/mol. The van der Waals surface area contributed by atoms with Crippen LogP contribution in [0.1, 0.15) is 24.8 Å². The number of carbonyl (C=O) groups is 1. The summed E-state index contributed by atoms with van der Waals surface area (Å²) in [5, 5.41) is 6.03. The molecule has 1 aromatic carbocycles. The second kappa shape index (κ2) is 7.93. The molecule has 1 saturated heterocycles. The Hall–Kier alpha value is -1.69. The van der Waals surface area contributed by atoms with Crippen LogP contribution in [0.15, 0.2) is 24.3 Å². The largest absolute Gasteiger partial charge is 0.488 e. The minimum Gasteiger partial charge on any atom is -0.488 e. The Morgan fingerprint density at radius 2 is 2.29 bits per heavy atom. The van der Waals surface area contributed by atoms with Crippen LogP contribution in [0.3, 0.4) is 0 Å². The minimum atomic E-state index is -2.49. The Labute approximate surface area is 122 Å². The van der Waals surface area contributed by atoms with E-state index < -0.39 is 13.0 Å². The molecule has 1 fully saturated rings. The Kier molecular flexibility index (Phi) is 5.92. The second-order valence-corrected chi connectivity index (χ2v) is 5.07. The third kappa shape index (κ3) is 5.30. The van der Waals surface area contributed by atoms with Crippen molar-refractivity contribution >= 4 is 5.91 Å². The summed E-state index contributed by atoms with van der Waals surface area (Å²) >= 11 is 0. The second-order valence-electron chi connectivity index (χ2n) is 5.07. The van der Waals surface area contributed by atoms with E-state index in [0.717, 1.165) is 31.4 Å². The Bertz CT molecular complexity index is 463. The van der Waals surface area contributed by atoms with Crippen molar-refractivity contribution in [3.8, 4) is 5.75 Å². The van der Waals surface area contributed by atoms with Crippen molar-refractivity contribution in [1.29, 1.82) is 0 Å². The molecule has 2 rings (SSSR count). The van der Waals surface area contributed by atoms with E-state index in [1.54, 1.807) is 18.2 Å². The number of amides is 1. The molecule has 0 aliphatic carbocycles. The normalized spacial score (nSPS) is 18.5. The van der Waals surface area contributed by atoms with Gasteiger partial charge in [-0.25, -0.2) is 8.78 Å². The number of piperidine rings is 1. The standard InChI is InChI=1S/C15H20F2N2O2/c16-14(17)10-21-12-5-3-4-11(8-12)9-19-15(20)13-6-1-2-7-18-13/h3-5,8,13-14,18H,1-2,6-7,9-10H2,(H,19,20). The molecule has 1 aliphatic rings. The molecule has 0 aromatic heterocycles. The highest BCUT2D eigenvalue weighted by Crippen LogP contribution is 2.14. The van der Waals surface area contributed by atoms with E-state index in [1.807, 2.05) is 6.07 Å². The predicted molar refractivity (Wildman–Crippen MR) is 75.4 cm³/mol. The lowest BCUT2D eigenvalue weighted by Crippen LogP contribution is -2.46. The lowest BCUT2D eigenvalue weighted by molar-refractivity contribution is -0.123. The van der Waals surface area contributed by atoms with Crippen LogP contribution in [0.25, 0.3) is 0 Å². The summed E-state index contributed by atoms with van der Waals surface area (Å²) < 4.78 is 29.1. The summed E-state index contributed by atoms with van der Waals surface area (Å²) in [7, 11) is 0. The molecule has 0 bridgehead atoms. The van der Waals surface area contributed by atoms with Crippen LogP contribution in [0.5, 0.6) is 5.75 Å². The summed E-state index contributed by atoms with van der Waals surface area (Å²) in [5.41, 5.74) is 0.825. The summed E-state index contributed by atoms with van der Waals surface area (Å²) in [4.78, 5) is 12.0. The maximum Gasteiger partial charge on any atom is 0.272 e. The van der Waals surface area contributed by atoms with Gasteiger partial charge in [-0.2, -0.15) is 0 Å². The van der Waals surface area contributed by atoms with Crippen LogP contribution in [0, 0.1) is 0 Å². The Balaban J connectivity index is 1.82. The highest BCUT2D eigenvalue weighted by atomic mass is 19.3. The Morgan fingerprint density at radius 1 is 1.43 bits per heavy atom. The van der Waals surface area contributed by atoms with E-state index in [0.29, 0.717) is 12.3 Å². The third-order valence-electron chi connectivity index (χ3n) is 3.37. The number of ether oxygens (including phenoxy) is 1. The molecule has 1 amide bonds. The third-order valence-corrected chi connectivity index (χ3v) is 3.37. The van der Waals surface area contributed by atoms with Gasteiger partial charge in [0.25, 0.3) is 6.43 Å². The number of benzene rings is 1. The highest BCUT2D eigenvalue weighted by molar-refractivity contribution is 5.81. The van der Waals surface area contributed by atoms with E-state index in [2.05, 4.69) is 10.6 Å². The lowest BCUT2D eigenvalue weighted by atomic mass is 10.0. The summed E-state index contributed by atoms with van der Waals surface area (Å²) in [5.74, 6) is 0.367. The van der Waals surface area contributed by atoms with Gasteiger partial charge in [0.05, 0.1) is 6.04 Å². The van der Waals surface area contributed by atoms with Gasteiger partial charge in [0.2, 0.25) is 5.91 Å². The van der Waals surface area contributed by atoms with Crippen LogP contribution in [0.2, 0.25) is 0 Å². The number of hydrogen-bond acceptors (Lipinski definition) is 3. The first-order valence-corrected chi connectivity index (χ1v) is 7.16. The first kappa shape index (κ1) is 15.7. The highest BCUT2D eigenvalue weighted by Gasteiger charge is 2.19. The molecule has 4 nitrogen and oxygen atoms in total. The van der Waals surface area contributed by atoms with E-state index in [1.165, 1.54) is 0 Å². The van der Waals surface area contributed by atoms with Crippen molar-refractivity contribution in [1.82, 2.24) is 10.6 Å². The van der Waals surface area contributed by atoms with Crippen molar-refractivity contribution < 1.29 is 18.3 Å². The smallest absolute Gasteiger partial charge is 0.272 e. The van der Waals surface area contributed by atoms with E-state index >= 15 is 0 Å². The van der Waals surface area contributed by atoms with Crippen molar-refractivity contribution in [2.45, 2.75) is 38.3 Å². The SMILES string of the molecule is O=C(NCc1cccc(OCC(F)F)c1)C1CCCCN1. The van der Waals surface area contributed by atoms with Crippen LogP contribution in [-0.2, 0) is 11.3 Å².